The Labute approximate surface area is 153 Å². The Kier molecular flexibility index (Phi) is 4.91. The van der Waals surface area contributed by atoms with Gasteiger partial charge in [-0.15, -0.1) is 0 Å². The van der Waals surface area contributed by atoms with Crippen molar-refractivity contribution < 1.29 is 14.1 Å². The molecule has 0 radical (unpaired) electrons. The van der Waals surface area contributed by atoms with E-state index in [9.17, 15) is 4.79 Å². The fourth-order valence-corrected chi connectivity index (χ4v) is 3.84. The van der Waals surface area contributed by atoms with Crippen LogP contribution in [0.5, 0.6) is 5.88 Å². The second-order valence-electron chi connectivity index (χ2n) is 7.38. The molecule has 2 aromatic heterocycles. The van der Waals surface area contributed by atoms with E-state index in [0.29, 0.717) is 11.6 Å². The predicted molar refractivity (Wildman–Crippen MR) is 96.3 cm³/mol. The predicted octanol–water partition coefficient (Wildman–Crippen LogP) is 3.38. The molecule has 0 spiro atoms. The molecule has 2 aromatic rings. The molecule has 1 N–H and O–H groups in total. The number of carbonyl (C=O) groups excluding carboxylic acids is 1. The van der Waals surface area contributed by atoms with Crippen LogP contribution in [0.1, 0.15) is 65.9 Å². The number of nitrogens with one attached hydrogen (secondary N) is 1. The number of hydrogen-bond donors (Lipinski definition) is 1. The maximum atomic E-state index is 12.6. The Hall–Kier alpha value is -2.37. The molecule has 138 valence electrons. The summed E-state index contributed by atoms with van der Waals surface area (Å²) in [7, 11) is 0. The first-order valence-electron chi connectivity index (χ1n) is 9.56. The van der Waals surface area contributed by atoms with Gasteiger partial charge in [0.05, 0.1) is 0 Å². The van der Waals surface area contributed by atoms with Crippen LogP contribution in [0.25, 0.3) is 0 Å². The quantitative estimate of drug-likeness (QED) is 0.910. The molecule has 0 aromatic carbocycles. The molecule has 0 unspecified atom stereocenters. The van der Waals surface area contributed by atoms with E-state index >= 15 is 0 Å². The number of carbonyl (C=O) groups is 1. The molecule has 6 nitrogen and oxygen atoms in total. The fraction of sp³-hybridized carbons (Fsp3) is 0.550. The van der Waals surface area contributed by atoms with E-state index in [2.05, 4.69) is 15.5 Å². The van der Waals surface area contributed by atoms with E-state index in [1.54, 1.807) is 0 Å². The van der Waals surface area contributed by atoms with Gasteiger partial charge in [0.15, 0.2) is 5.69 Å². The van der Waals surface area contributed by atoms with Gasteiger partial charge in [0.25, 0.3) is 5.91 Å². The smallest absolute Gasteiger partial charge is 0.273 e. The average Bonchev–Trinajstić information content (AvgIpc) is 3.09. The Morgan fingerprint density at radius 2 is 2.00 bits per heavy atom. The standard InChI is InChI=1S/C20H25N3O3/c1-13-6-11-18(21-12-13)25-15-9-7-14(8-10-15)22-20(24)19-16-4-2-3-5-17(16)26-23-19/h6,11-12,14-15H,2-5,7-10H2,1H3,(H,22,24). The summed E-state index contributed by atoms with van der Waals surface area (Å²) in [5, 5.41) is 7.15. The van der Waals surface area contributed by atoms with Crippen molar-refractivity contribution in [2.24, 2.45) is 0 Å². The van der Waals surface area contributed by atoms with Gasteiger partial charge in [0.2, 0.25) is 5.88 Å². The summed E-state index contributed by atoms with van der Waals surface area (Å²) in [4.78, 5) is 16.9. The maximum absolute atomic E-state index is 12.6. The highest BCUT2D eigenvalue weighted by atomic mass is 16.5. The summed E-state index contributed by atoms with van der Waals surface area (Å²) in [6.45, 7) is 2.01. The second kappa shape index (κ2) is 7.48. The summed E-state index contributed by atoms with van der Waals surface area (Å²) in [5.74, 6) is 1.47. The molecular weight excluding hydrogens is 330 g/mol. The molecule has 0 atom stereocenters. The molecule has 26 heavy (non-hydrogen) atoms. The van der Waals surface area contributed by atoms with Crippen LogP contribution in [0.15, 0.2) is 22.9 Å². The third kappa shape index (κ3) is 3.74. The van der Waals surface area contributed by atoms with E-state index in [-0.39, 0.29) is 18.1 Å². The Morgan fingerprint density at radius 1 is 1.19 bits per heavy atom. The van der Waals surface area contributed by atoms with Crippen LogP contribution >= 0.6 is 0 Å². The number of amides is 1. The molecule has 1 amide bonds. The first kappa shape index (κ1) is 17.1. The van der Waals surface area contributed by atoms with Gasteiger partial charge in [0.1, 0.15) is 11.9 Å². The van der Waals surface area contributed by atoms with Crippen molar-refractivity contribution in [3.63, 3.8) is 0 Å². The number of nitrogens with zero attached hydrogens (tertiary/aromatic N) is 2. The van der Waals surface area contributed by atoms with Gasteiger partial charge >= 0.3 is 0 Å². The second-order valence-corrected chi connectivity index (χ2v) is 7.38. The lowest BCUT2D eigenvalue weighted by atomic mass is 9.92. The minimum absolute atomic E-state index is 0.0959. The van der Waals surface area contributed by atoms with Gasteiger partial charge in [-0.25, -0.2) is 4.98 Å². The van der Waals surface area contributed by atoms with E-state index in [1.165, 1.54) is 0 Å². The van der Waals surface area contributed by atoms with Crippen molar-refractivity contribution in [3.05, 3.63) is 40.9 Å². The SMILES string of the molecule is Cc1ccc(OC2CCC(NC(=O)c3noc4c3CCCC4)CC2)nc1. The third-order valence-corrected chi connectivity index (χ3v) is 5.35. The van der Waals surface area contributed by atoms with Crippen molar-refractivity contribution in [1.82, 2.24) is 15.5 Å². The Bertz CT molecular complexity index is 761. The first-order valence-corrected chi connectivity index (χ1v) is 9.56. The summed E-state index contributed by atoms with van der Waals surface area (Å²) in [5.41, 5.74) is 2.62. The van der Waals surface area contributed by atoms with Crippen LogP contribution in [-0.2, 0) is 12.8 Å². The number of hydrogen-bond acceptors (Lipinski definition) is 5. The fourth-order valence-electron chi connectivity index (χ4n) is 3.84. The molecule has 1 saturated carbocycles. The molecule has 6 heteroatoms. The molecule has 2 aliphatic rings. The number of aromatic nitrogens is 2. The lowest BCUT2D eigenvalue weighted by Crippen LogP contribution is -2.40. The number of pyridine rings is 1. The molecule has 2 aliphatic carbocycles. The van der Waals surface area contributed by atoms with E-state index < -0.39 is 0 Å². The lowest BCUT2D eigenvalue weighted by molar-refractivity contribution is 0.0880. The number of aryl methyl sites for hydroxylation is 2. The summed E-state index contributed by atoms with van der Waals surface area (Å²) in [6.07, 6.45) is 9.63. The highest BCUT2D eigenvalue weighted by Gasteiger charge is 2.28. The van der Waals surface area contributed by atoms with Crippen LogP contribution in [0.4, 0.5) is 0 Å². The summed E-state index contributed by atoms with van der Waals surface area (Å²) in [6, 6.07) is 4.09. The first-order chi connectivity index (χ1) is 12.7. The monoisotopic (exact) mass is 355 g/mol. The topological polar surface area (TPSA) is 77.2 Å². The van der Waals surface area contributed by atoms with E-state index in [4.69, 9.17) is 9.26 Å². The van der Waals surface area contributed by atoms with Gasteiger partial charge in [-0.1, -0.05) is 11.2 Å². The number of ether oxygens (including phenoxy) is 1. The van der Waals surface area contributed by atoms with Crippen molar-refractivity contribution in [1.29, 1.82) is 0 Å². The largest absolute Gasteiger partial charge is 0.474 e. The Balaban J connectivity index is 1.29. The van der Waals surface area contributed by atoms with Crippen molar-refractivity contribution >= 4 is 5.91 Å². The zero-order chi connectivity index (χ0) is 17.9. The van der Waals surface area contributed by atoms with E-state index in [1.807, 2.05) is 25.3 Å². The summed E-state index contributed by atoms with van der Waals surface area (Å²) < 4.78 is 11.3. The third-order valence-electron chi connectivity index (χ3n) is 5.35. The maximum Gasteiger partial charge on any atom is 0.273 e. The lowest BCUT2D eigenvalue weighted by Gasteiger charge is -2.29. The van der Waals surface area contributed by atoms with Gasteiger partial charge in [0, 0.05) is 30.3 Å². The molecule has 2 heterocycles. The van der Waals surface area contributed by atoms with Gasteiger partial charge in [-0.05, 0) is 57.4 Å². The molecule has 4 rings (SSSR count). The van der Waals surface area contributed by atoms with Crippen molar-refractivity contribution in [2.45, 2.75) is 70.4 Å². The molecule has 0 aliphatic heterocycles. The highest BCUT2D eigenvalue weighted by Crippen LogP contribution is 2.26. The number of fused-ring (bicyclic) bond motifs is 1. The van der Waals surface area contributed by atoms with E-state index in [0.717, 1.165) is 68.3 Å². The minimum atomic E-state index is -0.0959. The average molecular weight is 355 g/mol. The van der Waals surface area contributed by atoms with Gasteiger partial charge in [-0.3, -0.25) is 4.79 Å². The number of rotatable bonds is 4. The van der Waals surface area contributed by atoms with Crippen LogP contribution in [0.2, 0.25) is 0 Å². The van der Waals surface area contributed by atoms with Crippen LogP contribution < -0.4 is 10.1 Å². The Morgan fingerprint density at radius 3 is 2.77 bits per heavy atom. The molecule has 1 fully saturated rings. The van der Waals surface area contributed by atoms with Crippen molar-refractivity contribution in [2.75, 3.05) is 0 Å². The van der Waals surface area contributed by atoms with Crippen LogP contribution in [-0.4, -0.2) is 28.2 Å². The zero-order valence-electron chi connectivity index (χ0n) is 15.2. The summed E-state index contributed by atoms with van der Waals surface area (Å²) >= 11 is 0. The normalized spacial score (nSPS) is 22.5. The van der Waals surface area contributed by atoms with Crippen molar-refractivity contribution in [3.8, 4) is 5.88 Å². The van der Waals surface area contributed by atoms with Gasteiger partial charge < -0.3 is 14.6 Å². The molecule has 0 bridgehead atoms. The molecule has 0 saturated heterocycles. The highest BCUT2D eigenvalue weighted by molar-refractivity contribution is 5.94. The minimum Gasteiger partial charge on any atom is -0.474 e. The zero-order valence-corrected chi connectivity index (χ0v) is 15.2. The van der Waals surface area contributed by atoms with Crippen LogP contribution in [0.3, 0.4) is 0 Å². The van der Waals surface area contributed by atoms with Gasteiger partial charge in [-0.2, -0.15) is 0 Å². The molecular formula is C20H25N3O3. The van der Waals surface area contributed by atoms with Crippen LogP contribution in [0, 0.1) is 6.92 Å².